The van der Waals surface area contributed by atoms with Crippen molar-refractivity contribution in [3.63, 3.8) is 0 Å². The minimum Gasteiger partial charge on any atom is -0.493 e. The third-order valence-electron chi connectivity index (χ3n) is 5.32. The first-order valence-electron chi connectivity index (χ1n) is 11.7. The lowest BCUT2D eigenvalue weighted by Gasteiger charge is -2.11. The topological polar surface area (TPSA) is 91.3 Å². The summed E-state index contributed by atoms with van der Waals surface area (Å²) in [4.78, 5) is 27.8. The molecule has 0 aromatic heterocycles. The Hall–Kier alpha value is -4.20. The molecule has 0 aliphatic heterocycles. The molecular weight excluding hydrogens is 472 g/mol. The van der Waals surface area contributed by atoms with E-state index in [1.165, 1.54) is 0 Å². The van der Waals surface area contributed by atoms with Gasteiger partial charge in [-0.3, -0.25) is 5.26 Å². The maximum atomic E-state index is 11.7. The number of hydrogen-bond acceptors (Lipinski definition) is 7. The average molecular weight is 503 g/mol. The molecular formula is C30H30O7. The van der Waals surface area contributed by atoms with Crippen LogP contribution in [0, 0.1) is 0 Å². The molecule has 0 aliphatic rings. The number of carbonyl (C=O) groups excluding carboxylic acids is 2. The standard InChI is InChI=1S/C30H30O7/c1-20(2)29(31)35-17-5-16-34-26-12-9-23(10-13-26)28(37-33)15-7-22-6-8-25-19-27(14-11-24(25)18-22)36-30(32)21(3)4/h6-15,18-19,28,33H,1,3,5,16-17H2,2,4H3/b15-7+. The number of ether oxygens (including phenoxy) is 3. The molecule has 3 aromatic rings. The van der Waals surface area contributed by atoms with Gasteiger partial charge in [0.05, 0.1) is 13.2 Å². The molecule has 0 heterocycles. The fourth-order valence-electron chi connectivity index (χ4n) is 3.30. The van der Waals surface area contributed by atoms with E-state index in [4.69, 9.17) is 14.2 Å². The summed E-state index contributed by atoms with van der Waals surface area (Å²) >= 11 is 0. The van der Waals surface area contributed by atoms with E-state index in [9.17, 15) is 14.8 Å². The second-order valence-corrected chi connectivity index (χ2v) is 8.51. The van der Waals surface area contributed by atoms with Gasteiger partial charge in [-0.1, -0.05) is 49.6 Å². The van der Waals surface area contributed by atoms with E-state index in [-0.39, 0.29) is 6.61 Å². The van der Waals surface area contributed by atoms with Crippen LogP contribution in [-0.2, 0) is 19.2 Å². The Morgan fingerprint density at radius 1 is 0.865 bits per heavy atom. The van der Waals surface area contributed by atoms with Gasteiger partial charge in [0, 0.05) is 17.6 Å². The summed E-state index contributed by atoms with van der Waals surface area (Å²) in [6.45, 7) is 11.0. The van der Waals surface area contributed by atoms with Gasteiger partial charge in [-0.2, -0.15) is 0 Å². The zero-order valence-electron chi connectivity index (χ0n) is 20.9. The van der Waals surface area contributed by atoms with Gasteiger partial charge < -0.3 is 14.2 Å². The molecule has 0 fully saturated rings. The van der Waals surface area contributed by atoms with Crippen molar-refractivity contribution >= 4 is 28.8 Å². The van der Waals surface area contributed by atoms with E-state index >= 15 is 0 Å². The number of carbonyl (C=O) groups is 2. The Morgan fingerprint density at radius 2 is 1.51 bits per heavy atom. The van der Waals surface area contributed by atoms with Gasteiger partial charge in [-0.25, -0.2) is 14.5 Å². The van der Waals surface area contributed by atoms with Gasteiger partial charge in [0.15, 0.2) is 0 Å². The van der Waals surface area contributed by atoms with Crippen LogP contribution in [-0.4, -0.2) is 30.4 Å². The Bertz CT molecular complexity index is 1310. The van der Waals surface area contributed by atoms with Crippen LogP contribution in [0.1, 0.15) is 37.5 Å². The van der Waals surface area contributed by atoms with Gasteiger partial charge in [0.2, 0.25) is 0 Å². The van der Waals surface area contributed by atoms with Gasteiger partial charge in [0.1, 0.15) is 17.6 Å². The van der Waals surface area contributed by atoms with Crippen LogP contribution >= 0.6 is 0 Å². The zero-order valence-corrected chi connectivity index (χ0v) is 20.9. The molecule has 1 atom stereocenters. The van der Waals surface area contributed by atoms with Crippen molar-refractivity contribution in [1.29, 1.82) is 0 Å². The Morgan fingerprint density at radius 3 is 2.19 bits per heavy atom. The minimum absolute atomic E-state index is 0.257. The summed E-state index contributed by atoms with van der Waals surface area (Å²) in [7, 11) is 0. The van der Waals surface area contributed by atoms with E-state index < -0.39 is 18.0 Å². The number of fused-ring (bicyclic) bond motifs is 1. The number of esters is 2. The first kappa shape index (κ1) is 27.4. The highest BCUT2D eigenvalue weighted by molar-refractivity contribution is 5.91. The van der Waals surface area contributed by atoms with Crippen molar-refractivity contribution in [2.75, 3.05) is 13.2 Å². The largest absolute Gasteiger partial charge is 0.493 e. The molecule has 37 heavy (non-hydrogen) atoms. The van der Waals surface area contributed by atoms with Crippen molar-refractivity contribution in [1.82, 2.24) is 0 Å². The van der Waals surface area contributed by atoms with Crippen LogP contribution in [0.25, 0.3) is 16.8 Å². The van der Waals surface area contributed by atoms with Crippen LogP contribution in [0.3, 0.4) is 0 Å². The van der Waals surface area contributed by atoms with Crippen molar-refractivity contribution in [3.8, 4) is 11.5 Å². The van der Waals surface area contributed by atoms with Gasteiger partial charge >= 0.3 is 11.9 Å². The highest BCUT2D eigenvalue weighted by Gasteiger charge is 2.10. The Kier molecular flexibility index (Phi) is 9.77. The minimum atomic E-state index is -0.671. The molecule has 0 amide bonds. The maximum absolute atomic E-state index is 11.7. The Balaban J connectivity index is 1.57. The number of benzene rings is 3. The molecule has 0 bridgehead atoms. The Labute approximate surface area is 216 Å². The monoisotopic (exact) mass is 502 g/mol. The molecule has 0 radical (unpaired) electrons. The van der Waals surface area contributed by atoms with Crippen LogP contribution in [0.4, 0.5) is 0 Å². The molecule has 7 heteroatoms. The molecule has 192 valence electrons. The van der Waals surface area contributed by atoms with Gasteiger partial charge in [-0.15, -0.1) is 0 Å². The number of hydrogen-bond donors (Lipinski definition) is 1. The van der Waals surface area contributed by atoms with Gasteiger partial charge in [-0.05, 0) is 72.2 Å². The normalized spacial score (nSPS) is 11.8. The summed E-state index contributed by atoms with van der Waals surface area (Å²) in [6, 6.07) is 18.4. The fourth-order valence-corrected chi connectivity index (χ4v) is 3.30. The maximum Gasteiger partial charge on any atom is 0.338 e. The van der Waals surface area contributed by atoms with Gasteiger partial charge in [0.25, 0.3) is 0 Å². The SMILES string of the molecule is C=C(C)C(=O)OCCCOc1ccc(C(/C=C/c2ccc3cc(OC(=O)C(=C)C)ccc3c2)OO)cc1. The van der Waals surface area contributed by atoms with E-state index in [0.29, 0.717) is 35.7 Å². The van der Waals surface area contributed by atoms with Crippen molar-refractivity contribution in [2.24, 2.45) is 0 Å². The summed E-state index contributed by atoms with van der Waals surface area (Å²) in [6.07, 6.45) is 3.48. The first-order valence-corrected chi connectivity index (χ1v) is 11.7. The van der Waals surface area contributed by atoms with Crippen LogP contribution < -0.4 is 9.47 Å². The second kappa shape index (κ2) is 13.2. The van der Waals surface area contributed by atoms with E-state index in [1.54, 1.807) is 56.3 Å². The second-order valence-electron chi connectivity index (χ2n) is 8.51. The lowest BCUT2D eigenvalue weighted by molar-refractivity contribution is -0.268. The lowest BCUT2D eigenvalue weighted by atomic mass is 10.0. The molecule has 0 aliphatic carbocycles. The molecule has 1 unspecified atom stereocenters. The molecule has 0 saturated carbocycles. The summed E-state index contributed by atoms with van der Waals surface area (Å²) in [5, 5.41) is 11.3. The summed E-state index contributed by atoms with van der Waals surface area (Å²) < 4.78 is 16.0. The van der Waals surface area contributed by atoms with E-state index in [1.807, 2.05) is 30.3 Å². The predicted octanol–water partition coefficient (Wildman–Crippen LogP) is 6.45. The van der Waals surface area contributed by atoms with Crippen LogP contribution in [0.2, 0.25) is 0 Å². The predicted molar refractivity (Wildman–Crippen MR) is 142 cm³/mol. The third-order valence-corrected chi connectivity index (χ3v) is 5.32. The highest BCUT2D eigenvalue weighted by atomic mass is 17.1. The highest BCUT2D eigenvalue weighted by Crippen LogP contribution is 2.25. The quantitative estimate of drug-likeness (QED) is 0.0759. The molecule has 3 rings (SSSR count). The molecule has 0 saturated heterocycles. The lowest BCUT2D eigenvalue weighted by Crippen LogP contribution is -2.09. The van der Waals surface area contributed by atoms with Crippen LogP contribution in [0.15, 0.2) is 91.0 Å². The van der Waals surface area contributed by atoms with Crippen molar-refractivity contribution in [3.05, 3.63) is 102 Å². The van der Waals surface area contributed by atoms with Crippen molar-refractivity contribution < 1.29 is 33.9 Å². The summed E-state index contributed by atoms with van der Waals surface area (Å²) in [5.41, 5.74) is 2.35. The van der Waals surface area contributed by atoms with Crippen LogP contribution in [0.5, 0.6) is 11.5 Å². The molecule has 3 aromatic carbocycles. The summed E-state index contributed by atoms with van der Waals surface area (Å²) in [5.74, 6) is 0.233. The molecule has 1 N–H and O–H groups in total. The van der Waals surface area contributed by atoms with E-state index in [2.05, 4.69) is 18.0 Å². The smallest absolute Gasteiger partial charge is 0.338 e. The number of rotatable bonds is 12. The molecule has 0 spiro atoms. The van der Waals surface area contributed by atoms with Crippen molar-refractivity contribution in [2.45, 2.75) is 26.4 Å². The molecule has 7 nitrogen and oxygen atoms in total. The fraction of sp³-hybridized carbons (Fsp3) is 0.200. The average Bonchev–Trinajstić information content (AvgIpc) is 2.89. The zero-order chi connectivity index (χ0) is 26.8. The first-order chi connectivity index (χ1) is 17.8. The van der Waals surface area contributed by atoms with E-state index in [0.717, 1.165) is 21.9 Å². The third kappa shape index (κ3) is 8.17.